The van der Waals surface area contributed by atoms with Crippen molar-refractivity contribution in [2.75, 3.05) is 10.6 Å². The monoisotopic (exact) mass is 295 g/mol. The summed E-state index contributed by atoms with van der Waals surface area (Å²) in [4.78, 5) is 28.8. The van der Waals surface area contributed by atoms with Crippen LogP contribution in [0.3, 0.4) is 0 Å². The Hall–Kier alpha value is -1.73. The number of aromatic nitrogens is 1. The topological polar surface area (TPSA) is 71.1 Å². The molecule has 0 fully saturated rings. The molecular weight excluding hydrogens is 282 g/mol. The predicted molar refractivity (Wildman–Crippen MR) is 78.2 cm³/mol. The Morgan fingerprint density at radius 2 is 1.89 bits per heavy atom. The molecule has 0 aliphatic rings. The molecule has 2 aromatic rings. The molecule has 0 saturated heterocycles. The lowest BCUT2D eigenvalue weighted by atomic mass is 10.4. The SMILES string of the molecule is CC(=O)Nc1ccc(C(=O)Nc2nc(C)c(C)s2)s1. The molecular formula is C12H13N3O2S2. The lowest BCUT2D eigenvalue weighted by Crippen LogP contribution is -2.09. The van der Waals surface area contributed by atoms with E-state index in [4.69, 9.17) is 0 Å². The average molecular weight is 295 g/mol. The van der Waals surface area contributed by atoms with E-state index in [1.807, 2.05) is 13.8 Å². The summed E-state index contributed by atoms with van der Waals surface area (Å²) in [6, 6.07) is 3.39. The molecule has 2 N–H and O–H groups in total. The molecule has 0 atom stereocenters. The normalized spacial score (nSPS) is 10.3. The molecule has 0 unspecified atom stereocenters. The summed E-state index contributed by atoms with van der Waals surface area (Å²) < 4.78 is 0. The first kappa shape index (κ1) is 13.7. The fraction of sp³-hybridized carbons (Fsp3) is 0.250. The van der Waals surface area contributed by atoms with Crippen LogP contribution in [0.25, 0.3) is 0 Å². The summed E-state index contributed by atoms with van der Waals surface area (Å²) in [6.07, 6.45) is 0. The van der Waals surface area contributed by atoms with Crippen LogP contribution in [-0.4, -0.2) is 16.8 Å². The number of hydrogen-bond donors (Lipinski definition) is 2. The second-order valence-electron chi connectivity index (χ2n) is 3.96. The number of anilines is 2. The molecule has 0 aliphatic carbocycles. The van der Waals surface area contributed by atoms with Gasteiger partial charge in [-0.15, -0.1) is 22.7 Å². The summed E-state index contributed by atoms with van der Waals surface area (Å²) >= 11 is 2.68. The van der Waals surface area contributed by atoms with Crippen molar-refractivity contribution in [1.29, 1.82) is 0 Å². The van der Waals surface area contributed by atoms with Crippen molar-refractivity contribution >= 4 is 44.6 Å². The van der Waals surface area contributed by atoms with Crippen molar-refractivity contribution in [3.8, 4) is 0 Å². The third kappa shape index (κ3) is 3.39. The van der Waals surface area contributed by atoms with Crippen LogP contribution in [0.15, 0.2) is 12.1 Å². The number of amides is 2. The van der Waals surface area contributed by atoms with Crippen LogP contribution in [0.2, 0.25) is 0 Å². The standard InChI is InChI=1S/C12H13N3O2S2/c1-6-7(2)18-12(13-6)15-11(17)9-4-5-10(19-9)14-8(3)16/h4-5H,1-3H3,(H,14,16)(H,13,15,17). The lowest BCUT2D eigenvalue weighted by molar-refractivity contribution is -0.114. The number of nitrogens with one attached hydrogen (secondary N) is 2. The number of thiophene rings is 1. The van der Waals surface area contributed by atoms with E-state index in [1.54, 1.807) is 12.1 Å². The van der Waals surface area contributed by atoms with E-state index in [2.05, 4.69) is 15.6 Å². The average Bonchev–Trinajstić information content (AvgIpc) is 2.86. The van der Waals surface area contributed by atoms with E-state index >= 15 is 0 Å². The van der Waals surface area contributed by atoms with E-state index in [-0.39, 0.29) is 11.8 Å². The zero-order chi connectivity index (χ0) is 14.0. The van der Waals surface area contributed by atoms with Gasteiger partial charge in [-0.3, -0.25) is 14.9 Å². The Morgan fingerprint density at radius 1 is 1.16 bits per heavy atom. The van der Waals surface area contributed by atoms with Gasteiger partial charge in [0.25, 0.3) is 5.91 Å². The number of thiazole rings is 1. The van der Waals surface area contributed by atoms with E-state index in [0.717, 1.165) is 10.6 Å². The maximum Gasteiger partial charge on any atom is 0.267 e. The second-order valence-corrected chi connectivity index (χ2v) is 6.25. The number of carbonyl (C=O) groups excluding carboxylic acids is 2. The minimum atomic E-state index is -0.213. The van der Waals surface area contributed by atoms with Crippen LogP contribution < -0.4 is 10.6 Å². The summed E-state index contributed by atoms with van der Waals surface area (Å²) in [5.74, 6) is -0.365. The molecule has 19 heavy (non-hydrogen) atoms. The first-order valence-corrected chi connectivity index (χ1v) is 7.22. The van der Waals surface area contributed by atoms with Gasteiger partial charge in [0.05, 0.1) is 15.6 Å². The van der Waals surface area contributed by atoms with Gasteiger partial charge in [0.1, 0.15) is 0 Å². The van der Waals surface area contributed by atoms with Gasteiger partial charge in [-0.1, -0.05) is 0 Å². The van der Waals surface area contributed by atoms with Crippen molar-refractivity contribution in [3.05, 3.63) is 27.6 Å². The quantitative estimate of drug-likeness (QED) is 0.914. The minimum Gasteiger partial charge on any atom is -0.318 e. The van der Waals surface area contributed by atoms with Crippen LogP contribution in [0.1, 0.15) is 27.2 Å². The first-order valence-electron chi connectivity index (χ1n) is 5.58. The molecule has 7 heteroatoms. The highest BCUT2D eigenvalue weighted by Crippen LogP contribution is 2.25. The molecule has 0 bridgehead atoms. The number of rotatable bonds is 3. The van der Waals surface area contributed by atoms with Crippen LogP contribution >= 0.6 is 22.7 Å². The molecule has 2 aromatic heterocycles. The van der Waals surface area contributed by atoms with Gasteiger partial charge in [0.15, 0.2) is 5.13 Å². The van der Waals surface area contributed by atoms with Gasteiger partial charge in [-0.2, -0.15) is 0 Å². The predicted octanol–water partition coefficient (Wildman–Crippen LogP) is 3.03. The Kier molecular flexibility index (Phi) is 3.96. The van der Waals surface area contributed by atoms with Crippen LogP contribution in [0.5, 0.6) is 0 Å². The number of carbonyl (C=O) groups is 2. The number of nitrogens with zero attached hydrogens (tertiary/aromatic N) is 1. The largest absolute Gasteiger partial charge is 0.318 e. The van der Waals surface area contributed by atoms with E-state index < -0.39 is 0 Å². The van der Waals surface area contributed by atoms with Crippen molar-refractivity contribution in [2.45, 2.75) is 20.8 Å². The van der Waals surface area contributed by atoms with E-state index in [9.17, 15) is 9.59 Å². The van der Waals surface area contributed by atoms with Crippen LogP contribution in [-0.2, 0) is 4.79 Å². The molecule has 2 amide bonds. The maximum absolute atomic E-state index is 12.0. The zero-order valence-electron chi connectivity index (χ0n) is 10.7. The third-order valence-electron chi connectivity index (χ3n) is 2.38. The molecule has 0 aliphatic heterocycles. The van der Waals surface area contributed by atoms with Crippen LogP contribution in [0.4, 0.5) is 10.1 Å². The van der Waals surface area contributed by atoms with Gasteiger partial charge in [0, 0.05) is 11.8 Å². The highest BCUT2D eigenvalue weighted by molar-refractivity contribution is 7.18. The molecule has 0 spiro atoms. The molecule has 2 rings (SSSR count). The van der Waals surface area contributed by atoms with Gasteiger partial charge >= 0.3 is 0 Å². The lowest BCUT2D eigenvalue weighted by Gasteiger charge is -1.98. The summed E-state index contributed by atoms with van der Waals surface area (Å²) in [5, 5.41) is 6.65. The maximum atomic E-state index is 12.0. The minimum absolute atomic E-state index is 0.153. The van der Waals surface area contributed by atoms with E-state index in [0.29, 0.717) is 15.0 Å². The summed E-state index contributed by atoms with van der Waals surface area (Å²) in [6.45, 7) is 5.30. The van der Waals surface area contributed by atoms with Gasteiger partial charge < -0.3 is 5.32 Å². The fourth-order valence-electron chi connectivity index (χ4n) is 1.39. The molecule has 100 valence electrons. The highest BCUT2D eigenvalue weighted by atomic mass is 32.1. The summed E-state index contributed by atoms with van der Waals surface area (Å²) in [7, 11) is 0. The molecule has 0 aromatic carbocycles. The number of aryl methyl sites for hydroxylation is 2. The fourth-order valence-corrected chi connectivity index (χ4v) is 3.04. The smallest absolute Gasteiger partial charge is 0.267 e. The van der Waals surface area contributed by atoms with Crippen molar-refractivity contribution in [2.24, 2.45) is 0 Å². The van der Waals surface area contributed by atoms with Gasteiger partial charge in [-0.25, -0.2) is 4.98 Å². The van der Waals surface area contributed by atoms with Crippen molar-refractivity contribution < 1.29 is 9.59 Å². The number of hydrogen-bond acceptors (Lipinski definition) is 5. The Labute approximate surface area is 118 Å². The zero-order valence-corrected chi connectivity index (χ0v) is 12.4. The highest BCUT2D eigenvalue weighted by Gasteiger charge is 2.12. The van der Waals surface area contributed by atoms with Crippen molar-refractivity contribution in [3.63, 3.8) is 0 Å². The molecule has 5 nitrogen and oxygen atoms in total. The van der Waals surface area contributed by atoms with E-state index in [1.165, 1.54) is 29.6 Å². The van der Waals surface area contributed by atoms with Crippen LogP contribution in [0, 0.1) is 13.8 Å². The van der Waals surface area contributed by atoms with Crippen molar-refractivity contribution in [1.82, 2.24) is 4.98 Å². The molecule has 2 heterocycles. The third-order valence-corrected chi connectivity index (χ3v) is 4.37. The Morgan fingerprint density at radius 3 is 2.47 bits per heavy atom. The summed E-state index contributed by atoms with van der Waals surface area (Å²) in [5.41, 5.74) is 0.922. The second kappa shape index (κ2) is 5.50. The van der Waals surface area contributed by atoms with Gasteiger partial charge in [-0.05, 0) is 26.0 Å². The first-order chi connectivity index (χ1) is 8.95. The Bertz CT molecular complexity index is 611. The van der Waals surface area contributed by atoms with Gasteiger partial charge in [0.2, 0.25) is 5.91 Å². The molecule has 0 radical (unpaired) electrons. The molecule has 0 saturated carbocycles. The Balaban J connectivity index is 2.07.